The van der Waals surface area contributed by atoms with Crippen molar-refractivity contribution in [3.63, 3.8) is 0 Å². The number of benzene rings is 1. The van der Waals surface area contributed by atoms with Crippen LogP contribution in [0.3, 0.4) is 0 Å². The van der Waals surface area contributed by atoms with Gasteiger partial charge in [0.25, 0.3) is 0 Å². The lowest BCUT2D eigenvalue weighted by Gasteiger charge is -2.30. The third-order valence-electron chi connectivity index (χ3n) is 3.72. The van der Waals surface area contributed by atoms with E-state index < -0.39 is 5.54 Å². The molecule has 1 rings (SSSR count). The summed E-state index contributed by atoms with van der Waals surface area (Å²) in [5.41, 5.74) is 6.72. The van der Waals surface area contributed by atoms with Crippen LogP contribution in [0.5, 0.6) is 0 Å². The van der Waals surface area contributed by atoms with Gasteiger partial charge in [-0.25, -0.2) is 0 Å². The maximum absolute atomic E-state index is 9.65. The summed E-state index contributed by atoms with van der Waals surface area (Å²) in [5, 5.41) is 9.65. The Labute approximate surface area is 123 Å². The van der Waals surface area contributed by atoms with E-state index in [0.29, 0.717) is 0 Å². The van der Waals surface area contributed by atoms with Crippen molar-refractivity contribution in [1.29, 1.82) is 0 Å². The van der Waals surface area contributed by atoms with Gasteiger partial charge in [0.15, 0.2) is 0 Å². The van der Waals surface area contributed by atoms with E-state index in [0.717, 1.165) is 38.0 Å². The second-order valence-electron chi connectivity index (χ2n) is 5.89. The molecule has 0 saturated carbocycles. The molecule has 0 aliphatic carbocycles. The predicted molar refractivity (Wildman–Crippen MR) is 84.7 cm³/mol. The number of nitrogens with two attached hydrogens (primary N) is 1. The lowest BCUT2D eigenvalue weighted by atomic mass is 9.88. The molecule has 0 bridgehead atoms. The van der Waals surface area contributed by atoms with Gasteiger partial charge in [-0.05, 0) is 59.2 Å². The lowest BCUT2D eigenvalue weighted by molar-refractivity contribution is 0.169. The van der Waals surface area contributed by atoms with Crippen LogP contribution >= 0.6 is 0 Å². The fraction of sp³-hybridized carbons (Fsp3) is 0.625. The van der Waals surface area contributed by atoms with Gasteiger partial charge in [0, 0.05) is 0 Å². The smallest absolute Gasteiger partial charge is 0.0656 e. The molecule has 1 aromatic carbocycles. The Kier molecular flexibility index (Phi) is 7.16. The fourth-order valence-corrected chi connectivity index (χ4v) is 2.24. The fourth-order valence-electron chi connectivity index (χ4n) is 2.24. The molecule has 1 unspecified atom stereocenters. The van der Waals surface area contributed by atoms with E-state index >= 15 is 0 Å². The first kappa shape index (κ1) is 17.1. The largest absolute Gasteiger partial charge is 0.394 e. The summed E-state index contributed by atoms with van der Waals surface area (Å²) in [4.78, 5) is 4.47. The molecule has 0 saturated heterocycles. The van der Waals surface area contributed by atoms with Crippen LogP contribution in [0.15, 0.2) is 30.3 Å². The van der Waals surface area contributed by atoms with Gasteiger partial charge in [-0.1, -0.05) is 30.3 Å². The summed E-state index contributed by atoms with van der Waals surface area (Å²) >= 11 is 0. The van der Waals surface area contributed by atoms with Gasteiger partial charge >= 0.3 is 0 Å². The monoisotopic (exact) mass is 279 g/mol. The quantitative estimate of drug-likeness (QED) is 0.711. The van der Waals surface area contributed by atoms with Crippen molar-refractivity contribution in [3.05, 3.63) is 35.9 Å². The standard InChI is InChI=1S/C16H29N3O/c1-18(2)11-7-12-19(3)13-10-16(17,14-20)15-8-5-4-6-9-15/h4-6,8-9,20H,7,10-14,17H2,1-3H3. The molecule has 1 aromatic rings. The summed E-state index contributed by atoms with van der Waals surface area (Å²) in [7, 11) is 6.29. The lowest BCUT2D eigenvalue weighted by Crippen LogP contribution is -2.43. The van der Waals surface area contributed by atoms with Crippen molar-refractivity contribution in [2.24, 2.45) is 5.73 Å². The van der Waals surface area contributed by atoms with Gasteiger partial charge in [-0.15, -0.1) is 0 Å². The maximum atomic E-state index is 9.65. The van der Waals surface area contributed by atoms with E-state index in [4.69, 9.17) is 5.73 Å². The van der Waals surface area contributed by atoms with Crippen LogP contribution in [0, 0.1) is 0 Å². The highest BCUT2D eigenvalue weighted by atomic mass is 16.3. The van der Waals surface area contributed by atoms with Crippen LogP contribution in [0.2, 0.25) is 0 Å². The van der Waals surface area contributed by atoms with Crippen molar-refractivity contribution < 1.29 is 5.11 Å². The third kappa shape index (κ3) is 5.59. The Morgan fingerprint density at radius 1 is 1.05 bits per heavy atom. The van der Waals surface area contributed by atoms with Crippen molar-refractivity contribution in [3.8, 4) is 0 Å². The minimum absolute atomic E-state index is 0.0252. The topological polar surface area (TPSA) is 52.7 Å². The number of hydrogen-bond acceptors (Lipinski definition) is 4. The van der Waals surface area contributed by atoms with Crippen LogP contribution in [0.4, 0.5) is 0 Å². The highest BCUT2D eigenvalue weighted by Gasteiger charge is 2.26. The van der Waals surface area contributed by atoms with E-state index in [1.165, 1.54) is 0 Å². The molecule has 0 fully saturated rings. The summed E-state index contributed by atoms with van der Waals surface area (Å²) in [5.74, 6) is 0. The average molecular weight is 279 g/mol. The Morgan fingerprint density at radius 3 is 2.25 bits per heavy atom. The van der Waals surface area contributed by atoms with Crippen LogP contribution < -0.4 is 5.73 Å². The molecule has 4 nitrogen and oxygen atoms in total. The van der Waals surface area contributed by atoms with Crippen molar-refractivity contribution in [1.82, 2.24) is 9.80 Å². The van der Waals surface area contributed by atoms with E-state index in [2.05, 4.69) is 30.9 Å². The molecule has 0 aromatic heterocycles. The molecule has 0 aliphatic heterocycles. The van der Waals surface area contributed by atoms with Gasteiger partial charge in [0.2, 0.25) is 0 Å². The number of hydrogen-bond donors (Lipinski definition) is 2. The molecule has 0 heterocycles. The van der Waals surface area contributed by atoms with Crippen LogP contribution in [-0.4, -0.2) is 62.3 Å². The summed E-state index contributed by atoms with van der Waals surface area (Å²) in [6.07, 6.45) is 1.90. The molecular formula is C16H29N3O. The zero-order valence-electron chi connectivity index (χ0n) is 13.0. The van der Waals surface area contributed by atoms with E-state index in [1.807, 2.05) is 30.3 Å². The van der Waals surface area contributed by atoms with E-state index in [1.54, 1.807) is 0 Å². The Bertz CT molecular complexity index is 369. The SMILES string of the molecule is CN(C)CCCN(C)CCC(N)(CO)c1ccccc1. The molecule has 1 atom stereocenters. The van der Waals surface area contributed by atoms with Crippen LogP contribution in [0.1, 0.15) is 18.4 Å². The number of nitrogens with zero attached hydrogens (tertiary/aromatic N) is 2. The Balaban J connectivity index is 2.45. The summed E-state index contributed by atoms with van der Waals surface area (Å²) < 4.78 is 0. The first-order valence-electron chi connectivity index (χ1n) is 7.26. The molecule has 20 heavy (non-hydrogen) atoms. The van der Waals surface area contributed by atoms with Crippen molar-refractivity contribution >= 4 is 0 Å². The van der Waals surface area contributed by atoms with Gasteiger partial charge < -0.3 is 20.6 Å². The molecule has 3 N–H and O–H groups in total. The molecule has 0 radical (unpaired) electrons. The Hall–Kier alpha value is -0.940. The second-order valence-corrected chi connectivity index (χ2v) is 5.89. The minimum Gasteiger partial charge on any atom is -0.394 e. The van der Waals surface area contributed by atoms with Gasteiger partial charge in [0.05, 0.1) is 12.1 Å². The first-order chi connectivity index (χ1) is 9.48. The zero-order valence-corrected chi connectivity index (χ0v) is 13.0. The van der Waals surface area contributed by atoms with Gasteiger partial charge in [-0.2, -0.15) is 0 Å². The maximum Gasteiger partial charge on any atom is 0.0656 e. The van der Waals surface area contributed by atoms with Crippen LogP contribution in [0.25, 0.3) is 0 Å². The predicted octanol–water partition coefficient (Wildman–Crippen LogP) is 1.11. The second kappa shape index (κ2) is 8.37. The highest BCUT2D eigenvalue weighted by Crippen LogP contribution is 2.21. The minimum atomic E-state index is -0.642. The molecular weight excluding hydrogens is 250 g/mol. The Morgan fingerprint density at radius 2 is 1.70 bits per heavy atom. The highest BCUT2D eigenvalue weighted by molar-refractivity contribution is 5.24. The number of aliphatic hydroxyl groups is 1. The molecule has 4 heteroatoms. The molecule has 0 amide bonds. The van der Waals surface area contributed by atoms with Crippen molar-refractivity contribution in [2.75, 3.05) is 47.4 Å². The summed E-state index contributed by atoms with van der Waals surface area (Å²) in [6.45, 7) is 3.01. The van der Waals surface area contributed by atoms with E-state index in [-0.39, 0.29) is 6.61 Å². The molecule has 0 spiro atoms. The van der Waals surface area contributed by atoms with Crippen molar-refractivity contribution in [2.45, 2.75) is 18.4 Å². The van der Waals surface area contributed by atoms with Gasteiger partial charge in [0.1, 0.15) is 0 Å². The number of rotatable bonds is 9. The van der Waals surface area contributed by atoms with E-state index in [9.17, 15) is 5.11 Å². The van der Waals surface area contributed by atoms with Crippen LogP contribution in [-0.2, 0) is 5.54 Å². The third-order valence-corrected chi connectivity index (χ3v) is 3.72. The first-order valence-corrected chi connectivity index (χ1v) is 7.26. The normalized spacial score (nSPS) is 14.8. The zero-order chi connectivity index (χ0) is 15.0. The summed E-state index contributed by atoms with van der Waals surface area (Å²) in [6, 6.07) is 9.87. The number of aliphatic hydroxyl groups excluding tert-OH is 1. The molecule has 114 valence electrons. The van der Waals surface area contributed by atoms with Gasteiger partial charge in [-0.3, -0.25) is 0 Å². The average Bonchev–Trinajstić information content (AvgIpc) is 2.45. The molecule has 0 aliphatic rings.